The van der Waals surface area contributed by atoms with Gasteiger partial charge in [-0.1, -0.05) is 55.8 Å². The molecular formula is C25H27ClN2. The van der Waals surface area contributed by atoms with Crippen LogP contribution in [-0.4, -0.2) is 11.2 Å². The first-order valence-corrected chi connectivity index (χ1v) is 10.5. The van der Waals surface area contributed by atoms with E-state index in [-0.39, 0.29) is 0 Å². The van der Waals surface area contributed by atoms with E-state index in [0.717, 1.165) is 24.3 Å². The molecule has 144 valence electrons. The molecule has 1 aromatic carbocycles. The van der Waals surface area contributed by atoms with Crippen LogP contribution in [0.5, 0.6) is 0 Å². The number of hydrogen-bond donors (Lipinski definition) is 0. The molecule has 1 aliphatic carbocycles. The predicted octanol–water partition coefficient (Wildman–Crippen LogP) is 7.14. The minimum Gasteiger partial charge on any atom is -0.241 e. The average molecular weight is 391 g/mol. The summed E-state index contributed by atoms with van der Waals surface area (Å²) < 4.78 is 0. The number of hydrogen-bond acceptors (Lipinski definition) is 2. The lowest BCUT2D eigenvalue weighted by atomic mass is 9.81. The molecular weight excluding hydrogens is 364 g/mol. The first kappa shape index (κ1) is 19.0. The fourth-order valence-electron chi connectivity index (χ4n) is 4.19. The van der Waals surface area contributed by atoms with Crippen LogP contribution in [0.3, 0.4) is 0 Å². The second-order valence-electron chi connectivity index (χ2n) is 8.01. The fraction of sp³-hybridized carbons (Fsp3) is 0.320. The molecule has 2 heterocycles. The third-order valence-corrected chi connectivity index (χ3v) is 6.29. The summed E-state index contributed by atoms with van der Waals surface area (Å²) in [6.07, 6.45) is 16.4. The van der Waals surface area contributed by atoms with E-state index in [9.17, 15) is 0 Å². The highest BCUT2D eigenvalue weighted by Crippen LogP contribution is 2.41. The number of benzene rings is 1. The molecule has 3 heteroatoms. The predicted molar refractivity (Wildman–Crippen MR) is 120 cm³/mol. The van der Waals surface area contributed by atoms with Crippen molar-refractivity contribution in [3.63, 3.8) is 0 Å². The first-order chi connectivity index (χ1) is 13.5. The summed E-state index contributed by atoms with van der Waals surface area (Å²) >= 11 is 6.35. The SMILES string of the molecule is CC1=C2C=CC(C3=C(c4cccc(Cl)c4)C(C)C(C)CC=C3)=CN2N=CCC1. The van der Waals surface area contributed by atoms with Gasteiger partial charge in [0.1, 0.15) is 0 Å². The normalized spacial score (nSPS) is 24.9. The van der Waals surface area contributed by atoms with Gasteiger partial charge in [0.2, 0.25) is 0 Å². The first-order valence-electron chi connectivity index (χ1n) is 10.1. The zero-order chi connectivity index (χ0) is 19.7. The second-order valence-corrected chi connectivity index (χ2v) is 8.44. The number of fused-ring (bicyclic) bond motifs is 1. The van der Waals surface area contributed by atoms with Crippen molar-refractivity contribution < 1.29 is 0 Å². The van der Waals surface area contributed by atoms with Gasteiger partial charge in [0.05, 0.1) is 5.70 Å². The molecule has 2 aliphatic heterocycles. The lowest BCUT2D eigenvalue weighted by Gasteiger charge is -2.26. The molecule has 0 fully saturated rings. The van der Waals surface area contributed by atoms with Crippen LogP contribution in [0.25, 0.3) is 5.57 Å². The van der Waals surface area contributed by atoms with Crippen LogP contribution in [0.15, 0.2) is 82.3 Å². The van der Waals surface area contributed by atoms with E-state index in [1.165, 1.54) is 33.6 Å². The Bertz CT molecular complexity index is 959. The van der Waals surface area contributed by atoms with Crippen molar-refractivity contribution in [2.24, 2.45) is 16.9 Å². The summed E-state index contributed by atoms with van der Waals surface area (Å²) in [6.45, 7) is 6.86. The maximum absolute atomic E-state index is 6.35. The monoisotopic (exact) mass is 390 g/mol. The number of rotatable bonds is 2. The van der Waals surface area contributed by atoms with Crippen LogP contribution in [0.1, 0.15) is 45.6 Å². The third-order valence-electron chi connectivity index (χ3n) is 6.06. The molecule has 1 aromatic rings. The Morgan fingerprint density at radius 3 is 2.82 bits per heavy atom. The Morgan fingerprint density at radius 2 is 2.00 bits per heavy atom. The number of allylic oxidation sites excluding steroid dienone is 8. The Labute approximate surface area is 173 Å². The van der Waals surface area contributed by atoms with Gasteiger partial charge < -0.3 is 0 Å². The van der Waals surface area contributed by atoms with Gasteiger partial charge in [-0.15, -0.1) is 0 Å². The van der Waals surface area contributed by atoms with Crippen LogP contribution in [0, 0.1) is 11.8 Å². The standard InChI is InChI=1S/C25H27ClN2/c1-17-7-4-11-23(25(19(17)3)20-9-5-10-22(26)15-20)21-12-13-24-18(2)8-6-14-27-28(24)16-21/h4-5,9-17,19H,6-8H2,1-3H3. The Morgan fingerprint density at radius 1 is 1.14 bits per heavy atom. The van der Waals surface area contributed by atoms with Crippen molar-refractivity contribution in [2.75, 3.05) is 0 Å². The minimum absolute atomic E-state index is 0.434. The molecule has 0 N–H and O–H groups in total. The Hall–Kier alpha value is -2.32. The van der Waals surface area contributed by atoms with Gasteiger partial charge in [-0.2, -0.15) is 5.10 Å². The largest absolute Gasteiger partial charge is 0.241 e. The van der Waals surface area contributed by atoms with E-state index in [1.807, 2.05) is 23.4 Å². The van der Waals surface area contributed by atoms with Gasteiger partial charge in [0.15, 0.2) is 0 Å². The Kier molecular flexibility index (Phi) is 5.41. The van der Waals surface area contributed by atoms with Crippen molar-refractivity contribution in [3.05, 3.63) is 87.8 Å². The molecule has 0 saturated heterocycles. The molecule has 2 atom stereocenters. The maximum Gasteiger partial charge on any atom is 0.0635 e. The van der Waals surface area contributed by atoms with Gasteiger partial charge >= 0.3 is 0 Å². The molecule has 0 bridgehead atoms. The van der Waals surface area contributed by atoms with E-state index in [2.05, 4.69) is 68.5 Å². The second kappa shape index (κ2) is 7.97. The summed E-state index contributed by atoms with van der Waals surface area (Å²) in [4.78, 5) is 0. The zero-order valence-corrected chi connectivity index (χ0v) is 17.6. The van der Waals surface area contributed by atoms with Crippen LogP contribution in [0.4, 0.5) is 0 Å². The molecule has 3 aliphatic rings. The number of halogens is 1. The van der Waals surface area contributed by atoms with E-state index in [0.29, 0.717) is 11.8 Å². The highest BCUT2D eigenvalue weighted by atomic mass is 35.5. The molecule has 0 saturated carbocycles. The maximum atomic E-state index is 6.35. The van der Waals surface area contributed by atoms with Crippen LogP contribution < -0.4 is 0 Å². The summed E-state index contributed by atoms with van der Waals surface area (Å²) in [5.41, 5.74) is 7.62. The van der Waals surface area contributed by atoms with Gasteiger partial charge in [0, 0.05) is 23.0 Å². The highest BCUT2D eigenvalue weighted by Gasteiger charge is 2.25. The van der Waals surface area contributed by atoms with E-state index in [4.69, 9.17) is 11.6 Å². The number of nitrogens with zero attached hydrogens (tertiary/aromatic N) is 2. The van der Waals surface area contributed by atoms with Crippen molar-refractivity contribution in [2.45, 2.75) is 40.0 Å². The van der Waals surface area contributed by atoms with Gasteiger partial charge in [-0.3, -0.25) is 0 Å². The molecule has 2 nitrogen and oxygen atoms in total. The average Bonchev–Trinajstić information content (AvgIpc) is 2.96. The third kappa shape index (κ3) is 3.66. The van der Waals surface area contributed by atoms with Crippen molar-refractivity contribution in [1.29, 1.82) is 0 Å². The molecule has 28 heavy (non-hydrogen) atoms. The van der Waals surface area contributed by atoms with Crippen molar-refractivity contribution in [3.8, 4) is 0 Å². The van der Waals surface area contributed by atoms with Crippen molar-refractivity contribution in [1.82, 2.24) is 5.01 Å². The van der Waals surface area contributed by atoms with Crippen molar-refractivity contribution >= 4 is 23.4 Å². The summed E-state index contributed by atoms with van der Waals surface area (Å²) in [7, 11) is 0. The minimum atomic E-state index is 0.434. The van der Waals surface area contributed by atoms with Crippen LogP contribution in [0.2, 0.25) is 5.02 Å². The quantitative estimate of drug-likeness (QED) is 0.524. The topological polar surface area (TPSA) is 15.6 Å². The van der Waals surface area contributed by atoms with E-state index < -0.39 is 0 Å². The summed E-state index contributed by atoms with van der Waals surface area (Å²) in [5.74, 6) is 1.01. The van der Waals surface area contributed by atoms with E-state index >= 15 is 0 Å². The molecule has 0 radical (unpaired) electrons. The van der Waals surface area contributed by atoms with Gasteiger partial charge in [-0.05, 0) is 78.5 Å². The molecule has 0 aromatic heterocycles. The molecule has 0 amide bonds. The van der Waals surface area contributed by atoms with Gasteiger partial charge in [0.25, 0.3) is 0 Å². The van der Waals surface area contributed by atoms with Crippen LogP contribution >= 0.6 is 11.6 Å². The Balaban J connectivity index is 1.87. The molecule has 2 unspecified atom stereocenters. The molecule has 4 rings (SSSR count). The lowest BCUT2D eigenvalue weighted by Crippen LogP contribution is -2.15. The number of hydrazone groups is 1. The highest BCUT2D eigenvalue weighted by molar-refractivity contribution is 6.30. The molecule has 0 spiro atoms. The fourth-order valence-corrected chi connectivity index (χ4v) is 4.38. The lowest BCUT2D eigenvalue weighted by molar-refractivity contribution is 0.479. The summed E-state index contributed by atoms with van der Waals surface area (Å²) in [5, 5.41) is 7.48. The van der Waals surface area contributed by atoms with Crippen LogP contribution in [-0.2, 0) is 0 Å². The summed E-state index contributed by atoms with van der Waals surface area (Å²) in [6, 6.07) is 8.25. The van der Waals surface area contributed by atoms with E-state index in [1.54, 1.807) is 0 Å². The smallest absolute Gasteiger partial charge is 0.0635 e. The van der Waals surface area contributed by atoms with Gasteiger partial charge in [-0.25, -0.2) is 5.01 Å². The zero-order valence-electron chi connectivity index (χ0n) is 16.8.